The Hall–Kier alpha value is -1.40. The van der Waals surface area contributed by atoms with Crippen molar-refractivity contribution in [2.45, 2.75) is 32.7 Å². The molecule has 1 atom stereocenters. The van der Waals surface area contributed by atoms with Crippen LogP contribution in [0.25, 0.3) is 0 Å². The number of hydrogen-bond donors (Lipinski definition) is 1. The highest BCUT2D eigenvalue weighted by Crippen LogP contribution is 2.27. The van der Waals surface area contributed by atoms with E-state index in [-0.39, 0.29) is 11.9 Å². The third kappa shape index (κ3) is 3.33. The topological polar surface area (TPSA) is 50.7 Å². The molecule has 19 heavy (non-hydrogen) atoms. The average molecular weight is 280 g/mol. The molecule has 2 heterocycles. The maximum absolute atomic E-state index is 13.4. The molecule has 6 heteroatoms. The summed E-state index contributed by atoms with van der Waals surface area (Å²) < 4.78 is 17.4. The third-order valence-electron chi connectivity index (χ3n) is 2.84. The van der Waals surface area contributed by atoms with E-state index in [1.807, 2.05) is 6.92 Å². The molecule has 0 spiro atoms. The van der Waals surface area contributed by atoms with E-state index in [2.05, 4.69) is 26.8 Å². The Bertz CT molecular complexity index is 529. The molecular formula is C13H17FN4S. The summed E-state index contributed by atoms with van der Waals surface area (Å²) in [5.41, 5.74) is 1.78. The number of aromatic nitrogens is 3. The third-order valence-corrected chi connectivity index (χ3v) is 3.67. The zero-order valence-electron chi connectivity index (χ0n) is 11.1. The van der Waals surface area contributed by atoms with Crippen LogP contribution in [0.4, 0.5) is 4.39 Å². The van der Waals surface area contributed by atoms with Gasteiger partial charge in [0.15, 0.2) is 0 Å². The first-order chi connectivity index (χ1) is 9.26. The summed E-state index contributed by atoms with van der Waals surface area (Å²) >= 11 is 1.36. The minimum Gasteiger partial charge on any atom is -0.305 e. The van der Waals surface area contributed by atoms with Gasteiger partial charge in [-0.3, -0.25) is 4.98 Å². The van der Waals surface area contributed by atoms with E-state index >= 15 is 0 Å². The first-order valence-corrected chi connectivity index (χ1v) is 7.18. The van der Waals surface area contributed by atoms with Crippen molar-refractivity contribution in [1.29, 1.82) is 0 Å². The molecular weight excluding hydrogens is 263 g/mol. The van der Waals surface area contributed by atoms with Crippen LogP contribution in [0.1, 0.15) is 42.4 Å². The first kappa shape index (κ1) is 14.0. The maximum Gasteiger partial charge on any atom is 0.141 e. The van der Waals surface area contributed by atoms with Gasteiger partial charge >= 0.3 is 0 Å². The van der Waals surface area contributed by atoms with E-state index in [1.165, 1.54) is 23.8 Å². The fourth-order valence-corrected chi connectivity index (χ4v) is 2.76. The summed E-state index contributed by atoms with van der Waals surface area (Å²) in [6.45, 7) is 4.99. The SMILES string of the molecule is CCCNC(c1cncc(F)c1)c1snnc1CC. The van der Waals surface area contributed by atoms with Crippen LogP contribution in [0.15, 0.2) is 18.5 Å². The van der Waals surface area contributed by atoms with Gasteiger partial charge in [-0.2, -0.15) is 0 Å². The van der Waals surface area contributed by atoms with Crippen molar-refractivity contribution < 1.29 is 4.39 Å². The van der Waals surface area contributed by atoms with Gasteiger partial charge < -0.3 is 5.32 Å². The minimum atomic E-state index is -0.323. The molecule has 0 bridgehead atoms. The highest BCUT2D eigenvalue weighted by Gasteiger charge is 2.20. The lowest BCUT2D eigenvalue weighted by Gasteiger charge is -2.17. The summed E-state index contributed by atoms with van der Waals surface area (Å²) in [6, 6.07) is 1.43. The van der Waals surface area contributed by atoms with Gasteiger partial charge in [-0.15, -0.1) is 5.10 Å². The van der Waals surface area contributed by atoms with Gasteiger partial charge in [-0.1, -0.05) is 18.3 Å². The molecule has 4 nitrogen and oxygen atoms in total. The molecule has 1 N–H and O–H groups in total. The number of aryl methyl sites for hydroxylation is 1. The van der Waals surface area contributed by atoms with Gasteiger partial charge in [0.2, 0.25) is 0 Å². The molecule has 2 aromatic heterocycles. The standard InChI is InChI=1S/C13H17FN4S/c1-3-5-16-12(9-6-10(14)8-15-7-9)13-11(4-2)17-18-19-13/h6-8,12,16H,3-5H2,1-2H3. The Morgan fingerprint density at radius 3 is 2.89 bits per heavy atom. The lowest BCUT2D eigenvalue weighted by atomic mass is 10.1. The van der Waals surface area contributed by atoms with E-state index in [1.54, 1.807) is 6.20 Å². The predicted molar refractivity (Wildman–Crippen MR) is 73.6 cm³/mol. The van der Waals surface area contributed by atoms with Crippen LogP contribution >= 0.6 is 11.5 Å². The quantitative estimate of drug-likeness (QED) is 0.884. The van der Waals surface area contributed by atoms with Gasteiger partial charge in [0.05, 0.1) is 22.8 Å². The molecule has 0 aliphatic heterocycles. The minimum absolute atomic E-state index is 0.0851. The van der Waals surface area contributed by atoms with Crippen molar-refractivity contribution in [3.05, 3.63) is 40.4 Å². The summed E-state index contributed by atoms with van der Waals surface area (Å²) in [6.07, 6.45) is 4.73. The van der Waals surface area contributed by atoms with Crippen LogP contribution in [0.3, 0.4) is 0 Å². The first-order valence-electron chi connectivity index (χ1n) is 6.41. The Balaban J connectivity index is 2.35. The van der Waals surface area contributed by atoms with E-state index in [4.69, 9.17) is 0 Å². The maximum atomic E-state index is 13.4. The molecule has 2 aromatic rings. The van der Waals surface area contributed by atoms with Crippen LogP contribution in [0.2, 0.25) is 0 Å². The highest BCUT2D eigenvalue weighted by molar-refractivity contribution is 7.05. The van der Waals surface area contributed by atoms with Gasteiger partial charge in [-0.25, -0.2) is 4.39 Å². The lowest BCUT2D eigenvalue weighted by molar-refractivity contribution is 0.582. The van der Waals surface area contributed by atoms with Crippen molar-refractivity contribution in [2.24, 2.45) is 0 Å². The molecule has 1 unspecified atom stereocenters. The summed E-state index contributed by atoms with van der Waals surface area (Å²) in [5.74, 6) is -0.323. The molecule has 0 amide bonds. The number of halogens is 1. The largest absolute Gasteiger partial charge is 0.305 e. The molecule has 102 valence electrons. The van der Waals surface area contributed by atoms with Crippen molar-refractivity contribution >= 4 is 11.5 Å². The van der Waals surface area contributed by atoms with Crippen LogP contribution in [0, 0.1) is 5.82 Å². The fourth-order valence-electron chi connectivity index (χ4n) is 1.92. The molecule has 2 rings (SSSR count). The van der Waals surface area contributed by atoms with Crippen LogP contribution in [-0.2, 0) is 6.42 Å². The zero-order chi connectivity index (χ0) is 13.7. The molecule has 0 aliphatic rings. The summed E-state index contributed by atoms with van der Waals surface area (Å²) in [5, 5.41) is 7.54. The van der Waals surface area contributed by atoms with Gasteiger partial charge in [0.25, 0.3) is 0 Å². The number of nitrogens with zero attached hydrogens (tertiary/aromatic N) is 3. The Labute approximate surface area is 116 Å². The van der Waals surface area contributed by atoms with Crippen molar-refractivity contribution in [3.8, 4) is 0 Å². The van der Waals surface area contributed by atoms with E-state index in [9.17, 15) is 4.39 Å². The molecule has 0 aromatic carbocycles. The number of hydrogen-bond acceptors (Lipinski definition) is 5. The van der Waals surface area contributed by atoms with Crippen LogP contribution in [0.5, 0.6) is 0 Å². The second kappa shape index (κ2) is 6.68. The Morgan fingerprint density at radius 2 is 2.21 bits per heavy atom. The van der Waals surface area contributed by atoms with E-state index in [0.29, 0.717) is 0 Å². The summed E-state index contributed by atoms with van der Waals surface area (Å²) in [4.78, 5) is 4.97. The molecule has 0 radical (unpaired) electrons. The van der Waals surface area contributed by atoms with Gasteiger partial charge in [0.1, 0.15) is 5.82 Å². The van der Waals surface area contributed by atoms with Crippen LogP contribution in [-0.4, -0.2) is 21.1 Å². The summed E-state index contributed by atoms with van der Waals surface area (Å²) in [7, 11) is 0. The van der Waals surface area contributed by atoms with Crippen molar-refractivity contribution in [2.75, 3.05) is 6.54 Å². The van der Waals surface area contributed by atoms with E-state index in [0.717, 1.165) is 35.5 Å². The molecule has 0 saturated carbocycles. The normalized spacial score (nSPS) is 12.6. The Morgan fingerprint density at radius 1 is 1.37 bits per heavy atom. The van der Waals surface area contributed by atoms with Gasteiger partial charge in [0, 0.05) is 6.20 Å². The average Bonchev–Trinajstić information content (AvgIpc) is 2.88. The molecule has 0 fully saturated rings. The predicted octanol–water partition coefficient (Wildman–Crippen LogP) is 2.72. The lowest BCUT2D eigenvalue weighted by Crippen LogP contribution is -2.23. The number of pyridine rings is 1. The number of nitrogens with one attached hydrogen (secondary N) is 1. The van der Waals surface area contributed by atoms with Gasteiger partial charge in [-0.05, 0) is 42.5 Å². The second-order valence-corrected chi connectivity index (χ2v) is 5.05. The molecule has 0 aliphatic carbocycles. The second-order valence-electron chi connectivity index (χ2n) is 4.26. The monoisotopic (exact) mass is 280 g/mol. The smallest absolute Gasteiger partial charge is 0.141 e. The van der Waals surface area contributed by atoms with E-state index < -0.39 is 0 Å². The van der Waals surface area contributed by atoms with Crippen molar-refractivity contribution in [1.82, 2.24) is 19.9 Å². The molecule has 0 saturated heterocycles. The number of rotatable bonds is 6. The van der Waals surface area contributed by atoms with Crippen molar-refractivity contribution in [3.63, 3.8) is 0 Å². The van der Waals surface area contributed by atoms with Crippen LogP contribution < -0.4 is 5.32 Å². The zero-order valence-corrected chi connectivity index (χ0v) is 11.9. The fraction of sp³-hybridized carbons (Fsp3) is 0.462. The highest BCUT2D eigenvalue weighted by atomic mass is 32.1. The Kier molecular flexibility index (Phi) is 4.93.